The first kappa shape index (κ1) is 31.0. The minimum atomic E-state index is -1.01. The number of benzene rings is 2. The molecule has 1 saturated heterocycles. The van der Waals surface area contributed by atoms with Crippen LogP contribution in [0.2, 0.25) is 0 Å². The Morgan fingerprint density at radius 3 is 2.43 bits per heavy atom. The minimum Gasteiger partial charge on any atom is -0.467 e. The summed E-state index contributed by atoms with van der Waals surface area (Å²) < 4.78 is 33.2. The maximum absolute atomic E-state index is 13.8. The highest BCUT2D eigenvalue weighted by molar-refractivity contribution is 5.95. The van der Waals surface area contributed by atoms with Crippen molar-refractivity contribution in [2.45, 2.75) is 91.3 Å². The molecule has 2 aromatic carbocycles. The number of halogens is 1. The lowest BCUT2D eigenvalue weighted by Gasteiger charge is -2.38. The lowest BCUT2D eigenvalue weighted by Crippen LogP contribution is -2.40. The van der Waals surface area contributed by atoms with E-state index in [1.807, 2.05) is 71.0 Å². The number of amides is 1. The average Bonchev–Trinajstić information content (AvgIpc) is 3.25. The van der Waals surface area contributed by atoms with Crippen molar-refractivity contribution in [3.63, 3.8) is 0 Å². The summed E-state index contributed by atoms with van der Waals surface area (Å²) in [5, 5.41) is 7.71. The van der Waals surface area contributed by atoms with Crippen molar-refractivity contribution in [3.8, 4) is 5.69 Å². The van der Waals surface area contributed by atoms with Gasteiger partial charge in [0, 0.05) is 38.5 Å². The Balaban J connectivity index is 1.74. The largest absolute Gasteiger partial charge is 0.467 e. The van der Waals surface area contributed by atoms with Crippen LogP contribution in [0.3, 0.4) is 0 Å². The molecule has 1 amide bonds. The molecule has 9 heteroatoms. The van der Waals surface area contributed by atoms with Crippen molar-refractivity contribution < 1.29 is 28.2 Å². The topological polar surface area (TPSA) is 91.7 Å². The lowest BCUT2D eigenvalue weighted by atomic mass is 9.98. The fourth-order valence-electron chi connectivity index (χ4n) is 4.93. The molecule has 0 unspecified atom stereocenters. The number of rotatable bonds is 8. The molecule has 0 aliphatic carbocycles. The molecule has 0 bridgehead atoms. The van der Waals surface area contributed by atoms with Gasteiger partial charge in [0.15, 0.2) is 5.69 Å². The molecule has 8 nitrogen and oxygen atoms in total. The quantitative estimate of drug-likeness (QED) is 0.300. The van der Waals surface area contributed by atoms with Crippen LogP contribution in [0.15, 0.2) is 60.4 Å². The Hall–Kier alpha value is -3.98. The van der Waals surface area contributed by atoms with Crippen LogP contribution < -0.4 is 5.32 Å². The highest BCUT2D eigenvalue weighted by Crippen LogP contribution is 2.35. The second-order valence-electron chi connectivity index (χ2n) is 12.2. The molecular formula is C33H40FN3O5. The number of hydrogen-bond donors (Lipinski definition) is 1. The third-order valence-corrected chi connectivity index (χ3v) is 6.49. The molecule has 3 aromatic rings. The van der Waals surface area contributed by atoms with Crippen LogP contribution in [0.4, 0.5) is 4.39 Å². The summed E-state index contributed by atoms with van der Waals surface area (Å²) in [5.74, 6) is -1.59. The van der Waals surface area contributed by atoms with E-state index >= 15 is 0 Å². The van der Waals surface area contributed by atoms with E-state index in [0.29, 0.717) is 35.7 Å². The smallest absolute Gasteiger partial charge is 0.308 e. The fraction of sp³-hybridized carbons (Fsp3) is 0.424. The molecule has 0 radical (unpaired) electrons. The maximum atomic E-state index is 13.8. The average molecular weight is 578 g/mol. The van der Waals surface area contributed by atoms with Crippen LogP contribution >= 0.6 is 0 Å². The van der Waals surface area contributed by atoms with Crippen molar-refractivity contribution in [2.75, 3.05) is 0 Å². The normalized spacial score (nSPS) is 17.6. The van der Waals surface area contributed by atoms with Gasteiger partial charge in [-0.1, -0.05) is 44.2 Å². The molecule has 1 aliphatic rings. The van der Waals surface area contributed by atoms with Crippen LogP contribution in [0.5, 0.6) is 0 Å². The van der Waals surface area contributed by atoms with E-state index in [2.05, 4.69) is 5.32 Å². The van der Waals surface area contributed by atoms with Gasteiger partial charge in [-0.15, -0.1) is 0 Å². The number of carbonyl (C=O) groups is 2. The van der Waals surface area contributed by atoms with E-state index in [9.17, 15) is 14.0 Å². The highest BCUT2D eigenvalue weighted by atomic mass is 19.1. The van der Waals surface area contributed by atoms with Crippen molar-refractivity contribution in [1.29, 1.82) is 0 Å². The molecule has 224 valence electrons. The molecule has 2 heterocycles. The van der Waals surface area contributed by atoms with Crippen LogP contribution in [-0.2, 0) is 25.5 Å². The van der Waals surface area contributed by atoms with E-state index in [1.54, 1.807) is 30.7 Å². The summed E-state index contributed by atoms with van der Waals surface area (Å²) in [4.78, 5) is 26.1. The Morgan fingerprint density at radius 2 is 1.81 bits per heavy atom. The van der Waals surface area contributed by atoms with Gasteiger partial charge in [-0.2, -0.15) is 5.10 Å². The van der Waals surface area contributed by atoms with Gasteiger partial charge < -0.3 is 19.5 Å². The zero-order chi connectivity index (χ0) is 30.7. The third kappa shape index (κ3) is 8.06. The van der Waals surface area contributed by atoms with E-state index < -0.39 is 17.5 Å². The van der Waals surface area contributed by atoms with Gasteiger partial charge in [0.05, 0.1) is 23.9 Å². The SMILES string of the molecule is CC(C)c1c(C(=O)NCc2ccccc2)nn(-c2ccc(F)cc2)c1/C=C1\C[C@H](CC(=O)OC(C)(C)C)OC(C)(C)O1. The first-order valence-corrected chi connectivity index (χ1v) is 14.2. The number of hydrogen-bond acceptors (Lipinski definition) is 6. The monoisotopic (exact) mass is 577 g/mol. The van der Waals surface area contributed by atoms with E-state index in [1.165, 1.54) is 12.1 Å². The maximum Gasteiger partial charge on any atom is 0.308 e. The molecule has 4 rings (SSSR count). The van der Waals surface area contributed by atoms with Gasteiger partial charge in [-0.25, -0.2) is 9.07 Å². The molecule has 0 spiro atoms. The minimum absolute atomic E-state index is 0.0583. The second kappa shape index (κ2) is 12.5. The molecular weight excluding hydrogens is 537 g/mol. The van der Waals surface area contributed by atoms with Crippen molar-refractivity contribution in [3.05, 3.63) is 88.7 Å². The van der Waals surface area contributed by atoms with E-state index in [4.69, 9.17) is 19.3 Å². The summed E-state index contributed by atoms with van der Waals surface area (Å²) in [6, 6.07) is 15.6. The highest BCUT2D eigenvalue weighted by Gasteiger charge is 2.36. The predicted molar refractivity (Wildman–Crippen MR) is 158 cm³/mol. The van der Waals surface area contributed by atoms with Crippen LogP contribution in [0.1, 0.15) is 94.5 Å². The molecule has 1 aromatic heterocycles. The Bertz CT molecular complexity index is 1440. The van der Waals surface area contributed by atoms with Crippen LogP contribution in [-0.4, -0.2) is 39.1 Å². The Kier molecular flexibility index (Phi) is 9.21. The van der Waals surface area contributed by atoms with Crippen LogP contribution in [0.25, 0.3) is 11.8 Å². The third-order valence-electron chi connectivity index (χ3n) is 6.49. The van der Waals surface area contributed by atoms with Gasteiger partial charge in [0.25, 0.3) is 5.91 Å². The van der Waals surface area contributed by atoms with Crippen molar-refractivity contribution >= 4 is 18.0 Å². The lowest BCUT2D eigenvalue weighted by molar-refractivity contribution is -0.248. The zero-order valence-corrected chi connectivity index (χ0v) is 25.4. The van der Waals surface area contributed by atoms with E-state index in [-0.39, 0.29) is 35.7 Å². The van der Waals surface area contributed by atoms with Gasteiger partial charge in [0.2, 0.25) is 5.79 Å². The van der Waals surface area contributed by atoms with Gasteiger partial charge in [-0.05, 0) is 56.5 Å². The molecule has 1 aliphatic heterocycles. The molecule has 1 atom stereocenters. The zero-order valence-electron chi connectivity index (χ0n) is 25.4. The first-order valence-electron chi connectivity index (χ1n) is 14.2. The summed E-state index contributed by atoms with van der Waals surface area (Å²) in [6.07, 6.45) is 1.73. The number of nitrogens with one attached hydrogen (secondary N) is 1. The number of esters is 1. The van der Waals surface area contributed by atoms with Crippen LogP contribution in [0, 0.1) is 5.82 Å². The summed E-state index contributed by atoms with van der Waals surface area (Å²) >= 11 is 0. The molecule has 0 saturated carbocycles. The van der Waals surface area contributed by atoms with Crippen molar-refractivity contribution in [2.24, 2.45) is 0 Å². The number of aromatic nitrogens is 2. The first-order chi connectivity index (χ1) is 19.7. The second-order valence-corrected chi connectivity index (χ2v) is 12.2. The Morgan fingerprint density at radius 1 is 1.14 bits per heavy atom. The van der Waals surface area contributed by atoms with Crippen molar-refractivity contribution in [1.82, 2.24) is 15.1 Å². The predicted octanol–water partition coefficient (Wildman–Crippen LogP) is 6.68. The molecule has 1 N–H and O–H groups in total. The van der Waals surface area contributed by atoms with Gasteiger partial charge >= 0.3 is 5.97 Å². The number of nitrogens with zero attached hydrogens (tertiary/aromatic N) is 2. The molecule has 42 heavy (non-hydrogen) atoms. The summed E-state index contributed by atoms with van der Waals surface area (Å²) in [6.45, 7) is 13.4. The molecule has 1 fully saturated rings. The Labute approximate surface area is 246 Å². The summed E-state index contributed by atoms with van der Waals surface area (Å²) in [5.41, 5.74) is 2.56. The standard InChI is InChI=1S/C33H40FN3O5/c1-21(2)29-27(18-25-17-26(41-33(6,7)40-25)19-28(38)42-32(3,4)5)37(24-15-13-23(34)14-16-24)36-30(29)31(39)35-20-22-11-9-8-10-12-22/h8-16,18,21,26H,17,19-20H2,1-7H3,(H,35,39)/b25-18+/t26-/m1/s1. The number of carbonyl (C=O) groups excluding carboxylic acids is 2. The summed E-state index contributed by atoms with van der Waals surface area (Å²) in [7, 11) is 0. The van der Waals surface area contributed by atoms with Gasteiger partial charge in [0.1, 0.15) is 17.2 Å². The van der Waals surface area contributed by atoms with Gasteiger partial charge in [-0.3, -0.25) is 9.59 Å². The fourth-order valence-corrected chi connectivity index (χ4v) is 4.93. The van der Waals surface area contributed by atoms with E-state index in [0.717, 1.165) is 5.56 Å². The number of ether oxygens (including phenoxy) is 3.